The summed E-state index contributed by atoms with van der Waals surface area (Å²) in [6, 6.07) is 10.6. The topological polar surface area (TPSA) is 38.8 Å². The maximum absolute atomic E-state index is 12.2. The Morgan fingerprint density at radius 3 is 2.56 bits per heavy atom. The fourth-order valence-corrected chi connectivity index (χ4v) is 3.32. The Morgan fingerprint density at radius 2 is 1.88 bits per heavy atom. The zero-order chi connectivity index (χ0) is 17.5. The lowest BCUT2D eigenvalue weighted by Gasteiger charge is -2.35. The third-order valence-electron chi connectivity index (χ3n) is 5.22. The Hall–Kier alpha value is -1.43. The Morgan fingerprint density at radius 1 is 1.16 bits per heavy atom. The second-order valence-corrected chi connectivity index (χ2v) is 7.52. The minimum Gasteiger partial charge on any atom is -0.339 e. The number of carbonyl (C=O) groups is 1. The van der Waals surface area contributed by atoms with E-state index in [4.69, 9.17) is 0 Å². The number of hydrogen-bond acceptors (Lipinski definition) is 4. The quantitative estimate of drug-likeness (QED) is 0.732. The number of nitrogens with one attached hydrogen (secondary N) is 1. The largest absolute Gasteiger partial charge is 0.339 e. The predicted octanol–water partition coefficient (Wildman–Crippen LogP) is 1.26. The molecule has 1 saturated carbocycles. The fourth-order valence-electron chi connectivity index (χ4n) is 3.32. The highest BCUT2D eigenvalue weighted by molar-refractivity contribution is 5.78. The van der Waals surface area contributed by atoms with Gasteiger partial charge in [-0.3, -0.25) is 9.69 Å². The maximum Gasteiger partial charge on any atom is 0.236 e. The van der Waals surface area contributed by atoms with Crippen molar-refractivity contribution in [3.63, 3.8) is 0 Å². The van der Waals surface area contributed by atoms with Gasteiger partial charge in [-0.15, -0.1) is 0 Å². The van der Waals surface area contributed by atoms with Crippen molar-refractivity contribution in [2.24, 2.45) is 5.92 Å². The summed E-state index contributed by atoms with van der Waals surface area (Å²) in [7, 11) is 2.18. The molecule has 0 unspecified atom stereocenters. The lowest BCUT2D eigenvalue weighted by molar-refractivity contribution is -0.132. The van der Waals surface area contributed by atoms with Crippen LogP contribution in [-0.4, -0.2) is 80.0 Å². The van der Waals surface area contributed by atoms with Crippen molar-refractivity contribution < 1.29 is 4.79 Å². The molecule has 1 N–H and O–H groups in total. The lowest BCUT2D eigenvalue weighted by atomic mass is 10.2. The van der Waals surface area contributed by atoms with E-state index in [0.717, 1.165) is 58.3 Å². The summed E-state index contributed by atoms with van der Waals surface area (Å²) >= 11 is 0. The van der Waals surface area contributed by atoms with Gasteiger partial charge in [0.25, 0.3) is 0 Å². The Bertz CT molecular complexity index is 524. The highest BCUT2D eigenvalue weighted by Gasteiger charge is 2.23. The summed E-state index contributed by atoms with van der Waals surface area (Å²) in [5.41, 5.74) is 1.36. The third kappa shape index (κ3) is 6.42. The molecule has 0 spiro atoms. The average Bonchev–Trinajstić information content (AvgIpc) is 3.45. The van der Waals surface area contributed by atoms with Gasteiger partial charge in [0.15, 0.2) is 0 Å². The van der Waals surface area contributed by atoms with Crippen LogP contribution >= 0.6 is 0 Å². The molecule has 1 heterocycles. The molecule has 0 aromatic heterocycles. The van der Waals surface area contributed by atoms with Crippen molar-refractivity contribution in [3.05, 3.63) is 35.9 Å². The molecule has 1 aromatic rings. The normalized spacial score (nSPS) is 18.7. The minimum atomic E-state index is 0.265. The van der Waals surface area contributed by atoms with E-state index in [1.807, 2.05) is 4.90 Å². The second kappa shape index (κ2) is 9.32. The fraction of sp³-hybridized carbons (Fsp3) is 0.650. The van der Waals surface area contributed by atoms with Gasteiger partial charge in [-0.05, 0) is 37.9 Å². The van der Waals surface area contributed by atoms with Crippen molar-refractivity contribution in [1.29, 1.82) is 0 Å². The first-order valence-corrected chi connectivity index (χ1v) is 9.64. The van der Waals surface area contributed by atoms with Crippen LogP contribution < -0.4 is 5.32 Å². The zero-order valence-corrected chi connectivity index (χ0v) is 15.5. The zero-order valence-electron chi connectivity index (χ0n) is 15.5. The molecule has 1 amide bonds. The Kier molecular flexibility index (Phi) is 6.84. The number of carbonyl (C=O) groups excluding carboxylic acids is 1. The van der Waals surface area contributed by atoms with E-state index in [1.165, 1.54) is 18.4 Å². The van der Waals surface area contributed by atoms with Gasteiger partial charge >= 0.3 is 0 Å². The van der Waals surface area contributed by atoms with Gasteiger partial charge in [0.2, 0.25) is 5.91 Å². The number of hydrogen-bond donors (Lipinski definition) is 1. The second-order valence-electron chi connectivity index (χ2n) is 7.52. The molecule has 1 aliphatic heterocycles. The van der Waals surface area contributed by atoms with Gasteiger partial charge in [0.05, 0.1) is 6.54 Å². The van der Waals surface area contributed by atoms with Crippen molar-refractivity contribution in [3.8, 4) is 0 Å². The summed E-state index contributed by atoms with van der Waals surface area (Å²) < 4.78 is 0. The summed E-state index contributed by atoms with van der Waals surface area (Å²) in [6.45, 7) is 8.37. The first-order valence-electron chi connectivity index (χ1n) is 9.64. The smallest absolute Gasteiger partial charge is 0.236 e. The molecule has 2 aliphatic rings. The van der Waals surface area contributed by atoms with Crippen LogP contribution in [0.3, 0.4) is 0 Å². The first-order chi connectivity index (χ1) is 12.2. The van der Waals surface area contributed by atoms with Crippen LogP contribution in [0.4, 0.5) is 0 Å². The van der Waals surface area contributed by atoms with Gasteiger partial charge < -0.3 is 15.1 Å². The third-order valence-corrected chi connectivity index (χ3v) is 5.22. The summed E-state index contributed by atoms with van der Waals surface area (Å²) in [6.07, 6.45) is 2.66. The standard InChI is InChI=1S/C20H32N4O/c1-22(17-19-5-3-2-4-6-19)9-10-23-11-13-24(14-12-23)20(25)16-21-15-18-7-8-18/h2-6,18,21H,7-17H2,1H3. The predicted molar refractivity (Wildman–Crippen MR) is 101 cm³/mol. The molecule has 5 nitrogen and oxygen atoms in total. The van der Waals surface area contributed by atoms with Crippen molar-refractivity contribution >= 4 is 5.91 Å². The molecule has 1 saturated heterocycles. The molecule has 0 atom stereocenters. The van der Waals surface area contributed by atoms with E-state index in [2.05, 4.69) is 52.5 Å². The van der Waals surface area contributed by atoms with E-state index in [1.54, 1.807) is 0 Å². The van der Waals surface area contributed by atoms with Crippen LogP contribution in [0.1, 0.15) is 18.4 Å². The van der Waals surface area contributed by atoms with Gasteiger partial charge in [-0.25, -0.2) is 0 Å². The number of nitrogens with zero attached hydrogens (tertiary/aromatic N) is 3. The molecule has 0 radical (unpaired) electrons. The number of likely N-dealkylation sites (N-methyl/N-ethyl adjacent to an activating group) is 1. The molecule has 1 aliphatic carbocycles. The molecule has 2 fully saturated rings. The van der Waals surface area contributed by atoms with Gasteiger partial charge in [0.1, 0.15) is 0 Å². The van der Waals surface area contributed by atoms with Crippen LogP contribution in [0.25, 0.3) is 0 Å². The summed E-state index contributed by atoms with van der Waals surface area (Å²) in [5.74, 6) is 1.10. The number of benzene rings is 1. The highest BCUT2D eigenvalue weighted by atomic mass is 16.2. The van der Waals surface area contributed by atoms with Crippen LogP contribution in [-0.2, 0) is 11.3 Å². The van der Waals surface area contributed by atoms with Crippen LogP contribution in [0.2, 0.25) is 0 Å². The first kappa shape index (κ1) is 18.4. The van der Waals surface area contributed by atoms with Crippen molar-refractivity contribution in [2.45, 2.75) is 19.4 Å². The molecule has 3 rings (SSSR count). The summed E-state index contributed by atoms with van der Waals surface area (Å²) in [4.78, 5) is 19.1. The SMILES string of the molecule is CN(CCN1CCN(C(=O)CNCC2CC2)CC1)Cc1ccccc1. The Balaban J connectivity index is 1.28. The van der Waals surface area contributed by atoms with E-state index in [-0.39, 0.29) is 5.91 Å². The molecular formula is C20H32N4O. The highest BCUT2D eigenvalue weighted by Crippen LogP contribution is 2.27. The molecule has 0 bridgehead atoms. The van der Waals surface area contributed by atoms with Crippen LogP contribution in [0, 0.1) is 5.92 Å². The molecule has 5 heteroatoms. The van der Waals surface area contributed by atoms with E-state index >= 15 is 0 Å². The van der Waals surface area contributed by atoms with Crippen LogP contribution in [0.5, 0.6) is 0 Å². The van der Waals surface area contributed by atoms with Crippen LogP contribution in [0.15, 0.2) is 30.3 Å². The van der Waals surface area contributed by atoms with E-state index < -0.39 is 0 Å². The summed E-state index contributed by atoms with van der Waals surface area (Å²) in [5, 5.41) is 3.31. The molecule has 25 heavy (non-hydrogen) atoms. The van der Waals surface area contributed by atoms with Crippen molar-refractivity contribution in [2.75, 3.05) is 59.4 Å². The Labute approximate surface area is 152 Å². The lowest BCUT2D eigenvalue weighted by Crippen LogP contribution is -2.51. The molecule has 138 valence electrons. The average molecular weight is 345 g/mol. The molecular weight excluding hydrogens is 312 g/mol. The number of piperazine rings is 1. The number of rotatable bonds is 9. The van der Waals surface area contributed by atoms with Gasteiger partial charge in [0, 0.05) is 45.8 Å². The number of amides is 1. The molecule has 1 aromatic carbocycles. The van der Waals surface area contributed by atoms with Gasteiger partial charge in [-0.2, -0.15) is 0 Å². The minimum absolute atomic E-state index is 0.265. The maximum atomic E-state index is 12.2. The van der Waals surface area contributed by atoms with Crippen molar-refractivity contribution in [1.82, 2.24) is 20.0 Å². The van der Waals surface area contributed by atoms with Gasteiger partial charge in [-0.1, -0.05) is 30.3 Å². The monoisotopic (exact) mass is 344 g/mol. The van der Waals surface area contributed by atoms with E-state index in [9.17, 15) is 4.79 Å². The van der Waals surface area contributed by atoms with E-state index in [0.29, 0.717) is 6.54 Å².